The van der Waals surface area contributed by atoms with Gasteiger partial charge in [0.15, 0.2) is 10.9 Å². The number of nitrogens with zero attached hydrogens (tertiary/aromatic N) is 3. The number of furan rings is 1. The van der Waals surface area contributed by atoms with Crippen LogP contribution in [0.15, 0.2) is 64.2 Å². The third-order valence-corrected chi connectivity index (χ3v) is 5.40. The summed E-state index contributed by atoms with van der Waals surface area (Å²) in [7, 11) is 0. The molecule has 4 rings (SSSR count). The lowest BCUT2D eigenvalue weighted by molar-refractivity contribution is -0.113. The second kappa shape index (κ2) is 7.90. The monoisotopic (exact) mass is 392 g/mol. The predicted molar refractivity (Wildman–Crippen MR) is 111 cm³/mol. The third kappa shape index (κ3) is 3.66. The standard InChI is InChI=1S/C21H20N4O2S/c1-3-25-20(18-12-15-9-5-7-11-17(15)27-18)23-24-21(25)28-13-19(26)22-16-10-6-4-8-14(16)2/h4-12H,3,13H2,1-2H3,(H,22,26). The van der Waals surface area contributed by atoms with Gasteiger partial charge in [0.25, 0.3) is 0 Å². The summed E-state index contributed by atoms with van der Waals surface area (Å²) in [5, 5.41) is 13.2. The zero-order valence-electron chi connectivity index (χ0n) is 15.7. The highest BCUT2D eigenvalue weighted by Gasteiger charge is 2.18. The van der Waals surface area contributed by atoms with E-state index in [1.807, 2.05) is 73.0 Å². The number of rotatable bonds is 6. The average molecular weight is 392 g/mol. The van der Waals surface area contributed by atoms with Crippen LogP contribution in [0.1, 0.15) is 12.5 Å². The lowest BCUT2D eigenvalue weighted by atomic mass is 10.2. The second-order valence-corrected chi connectivity index (χ2v) is 7.29. The first kappa shape index (κ1) is 18.3. The molecule has 28 heavy (non-hydrogen) atoms. The highest BCUT2D eigenvalue weighted by Crippen LogP contribution is 2.29. The summed E-state index contributed by atoms with van der Waals surface area (Å²) in [6.45, 7) is 4.67. The Morgan fingerprint density at radius 3 is 2.71 bits per heavy atom. The molecule has 1 amide bonds. The van der Waals surface area contributed by atoms with E-state index in [0.29, 0.717) is 23.3 Å². The van der Waals surface area contributed by atoms with Gasteiger partial charge in [-0.25, -0.2) is 0 Å². The molecule has 142 valence electrons. The van der Waals surface area contributed by atoms with Gasteiger partial charge in [0.05, 0.1) is 5.75 Å². The van der Waals surface area contributed by atoms with Gasteiger partial charge >= 0.3 is 0 Å². The lowest BCUT2D eigenvalue weighted by Crippen LogP contribution is -2.15. The Morgan fingerprint density at radius 1 is 1.14 bits per heavy atom. The first-order valence-corrected chi connectivity index (χ1v) is 10.0. The summed E-state index contributed by atoms with van der Waals surface area (Å²) in [6, 6.07) is 17.5. The van der Waals surface area contributed by atoms with Crippen molar-refractivity contribution in [2.24, 2.45) is 0 Å². The van der Waals surface area contributed by atoms with Gasteiger partial charge in [-0.1, -0.05) is 48.2 Å². The van der Waals surface area contributed by atoms with E-state index in [1.165, 1.54) is 11.8 Å². The molecule has 6 nitrogen and oxygen atoms in total. The van der Waals surface area contributed by atoms with E-state index < -0.39 is 0 Å². The number of thioether (sulfide) groups is 1. The van der Waals surface area contributed by atoms with E-state index in [2.05, 4.69) is 15.5 Å². The number of aromatic nitrogens is 3. The van der Waals surface area contributed by atoms with Gasteiger partial charge in [0.1, 0.15) is 5.58 Å². The Hall–Kier alpha value is -3.06. The summed E-state index contributed by atoms with van der Waals surface area (Å²) in [5.74, 6) is 1.52. The first-order chi connectivity index (χ1) is 13.7. The normalized spacial score (nSPS) is 11.1. The van der Waals surface area contributed by atoms with Crippen LogP contribution in [0, 0.1) is 6.92 Å². The van der Waals surface area contributed by atoms with E-state index in [1.54, 1.807) is 0 Å². The van der Waals surface area contributed by atoms with Crippen molar-refractivity contribution in [3.63, 3.8) is 0 Å². The highest BCUT2D eigenvalue weighted by atomic mass is 32.2. The largest absolute Gasteiger partial charge is 0.453 e. The fraction of sp³-hybridized carbons (Fsp3) is 0.190. The van der Waals surface area contributed by atoms with Gasteiger partial charge in [0, 0.05) is 17.6 Å². The van der Waals surface area contributed by atoms with E-state index in [0.717, 1.165) is 22.2 Å². The summed E-state index contributed by atoms with van der Waals surface area (Å²) in [4.78, 5) is 12.3. The predicted octanol–water partition coefficient (Wildman–Crippen LogP) is 4.75. The number of fused-ring (bicyclic) bond motifs is 1. The van der Waals surface area contributed by atoms with E-state index in [-0.39, 0.29) is 11.7 Å². The Labute approximate surface area is 167 Å². The number of hydrogen-bond acceptors (Lipinski definition) is 5. The van der Waals surface area contributed by atoms with Crippen LogP contribution in [0.25, 0.3) is 22.6 Å². The van der Waals surface area contributed by atoms with Gasteiger partial charge < -0.3 is 9.73 Å². The number of nitrogens with one attached hydrogen (secondary N) is 1. The number of carbonyl (C=O) groups excluding carboxylic acids is 1. The van der Waals surface area contributed by atoms with Crippen LogP contribution in [0.4, 0.5) is 5.69 Å². The number of aryl methyl sites for hydroxylation is 1. The van der Waals surface area contributed by atoms with Gasteiger partial charge in [-0.2, -0.15) is 0 Å². The maximum Gasteiger partial charge on any atom is 0.234 e. The van der Waals surface area contributed by atoms with Gasteiger partial charge in [-0.15, -0.1) is 10.2 Å². The average Bonchev–Trinajstić information content (AvgIpc) is 3.31. The molecular weight excluding hydrogens is 372 g/mol. The molecule has 4 aromatic rings. The van der Waals surface area contributed by atoms with Crippen molar-refractivity contribution in [3.8, 4) is 11.6 Å². The molecule has 0 aliphatic rings. The molecule has 0 unspecified atom stereocenters. The summed E-state index contributed by atoms with van der Waals surface area (Å²) < 4.78 is 7.88. The molecule has 7 heteroatoms. The van der Waals surface area contributed by atoms with E-state index in [4.69, 9.17) is 4.42 Å². The van der Waals surface area contributed by atoms with E-state index >= 15 is 0 Å². The van der Waals surface area contributed by atoms with Gasteiger partial charge in [-0.3, -0.25) is 9.36 Å². The summed E-state index contributed by atoms with van der Waals surface area (Å²) in [5.41, 5.74) is 2.67. The highest BCUT2D eigenvalue weighted by molar-refractivity contribution is 7.99. The number of anilines is 1. The number of benzene rings is 2. The van der Waals surface area contributed by atoms with Crippen LogP contribution in [0.5, 0.6) is 0 Å². The minimum absolute atomic E-state index is 0.0739. The second-order valence-electron chi connectivity index (χ2n) is 6.35. The lowest BCUT2D eigenvalue weighted by Gasteiger charge is -2.08. The van der Waals surface area contributed by atoms with Crippen molar-refractivity contribution in [1.29, 1.82) is 0 Å². The Bertz CT molecular complexity index is 1100. The van der Waals surface area contributed by atoms with Crippen LogP contribution < -0.4 is 5.32 Å². The molecule has 2 aromatic carbocycles. The van der Waals surface area contributed by atoms with Crippen molar-refractivity contribution in [1.82, 2.24) is 14.8 Å². The number of para-hydroxylation sites is 2. The zero-order valence-corrected chi connectivity index (χ0v) is 16.5. The van der Waals surface area contributed by atoms with Gasteiger partial charge in [-0.05, 0) is 37.6 Å². The SMILES string of the molecule is CCn1c(SCC(=O)Nc2ccccc2C)nnc1-c1cc2ccccc2o1. The quantitative estimate of drug-likeness (QED) is 0.479. The number of amides is 1. The van der Waals surface area contributed by atoms with Crippen LogP contribution in [-0.4, -0.2) is 26.4 Å². The summed E-state index contributed by atoms with van der Waals surface area (Å²) in [6.07, 6.45) is 0. The van der Waals surface area contributed by atoms with Crippen molar-refractivity contribution < 1.29 is 9.21 Å². The summed E-state index contributed by atoms with van der Waals surface area (Å²) >= 11 is 1.36. The van der Waals surface area contributed by atoms with Crippen molar-refractivity contribution >= 4 is 34.3 Å². The Kier molecular flexibility index (Phi) is 5.16. The molecule has 2 aromatic heterocycles. The third-order valence-electron chi connectivity index (χ3n) is 4.43. The Morgan fingerprint density at radius 2 is 1.93 bits per heavy atom. The van der Waals surface area contributed by atoms with Crippen molar-refractivity contribution in [2.75, 3.05) is 11.1 Å². The first-order valence-electron chi connectivity index (χ1n) is 9.06. The molecular formula is C21H20N4O2S. The smallest absolute Gasteiger partial charge is 0.234 e. The maximum absolute atomic E-state index is 12.3. The minimum atomic E-state index is -0.0739. The van der Waals surface area contributed by atoms with Crippen LogP contribution in [-0.2, 0) is 11.3 Å². The molecule has 2 heterocycles. The molecule has 0 bridgehead atoms. The fourth-order valence-corrected chi connectivity index (χ4v) is 3.79. The number of carbonyl (C=O) groups is 1. The van der Waals surface area contributed by atoms with Gasteiger partial charge in [0.2, 0.25) is 11.7 Å². The Balaban J connectivity index is 1.50. The molecule has 0 saturated heterocycles. The van der Waals surface area contributed by atoms with E-state index in [9.17, 15) is 4.79 Å². The molecule has 0 fully saturated rings. The molecule has 0 radical (unpaired) electrons. The minimum Gasteiger partial charge on any atom is -0.453 e. The molecule has 0 aliphatic carbocycles. The van der Waals surface area contributed by atoms with Crippen LogP contribution in [0.2, 0.25) is 0 Å². The van der Waals surface area contributed by atoms with Crippen molar-refractivity contribution in [3.05, 3.63) is 60.2 Å². The molecule has 1 N–H and O–H groups in total. The number of hydrogen-bond donors (Lipinski definition) is 1. The zero-order chi connectivity index (χ0) is 19.5. The fourth-order valence-electron chi connectivity index (χ4n) is 2.98. The topological polar surface area (TPSA) is 73.0 Å². The van der Waals surface area contributed by atoms with Crippen LogP contribution >= 0.6 is 11.8 Å². The van der Waals surface area contributed by atoms with Crippen molar-refractivity contribution in [2.45, 2.75) is 25.5 Å². The maximum atomic E-state index is 12.3. The molecule has 0 saturated carbocycles. The molecule has 0 atom stereocenters. The molecule has 0 aliphatic heterocycles. The molecule has 0 spiro atoms. The van der Waals surface area contributed by atoms with Crippen LogP contribution in [0.3, 0.4) is 0 Å².